The van der Waals surface area contributed by atoms with E-state index in [0.717, 1.165) is 30.5 Å². The van der Waals surface area contributed by atoms with Gasteiger partial charge >= 0.3 is 0 Å². The summed E-state index contributed by atoms with van der Waals surface area (Å²) in [7, 11) is 3.21. The van der Waals surface area contributed by atoms with Gasteiger partial charge in [0.25, 0.3) is 0 Å². The number of carbonyl (C=O) groups excluding carboxylic acids is 1. The van der Waals surface area contributed by atoms with Crippen LogP contribution in [0.1, 0.15) is 31.2 Å². The van der Waals surface area contributed by atoms with Crippen molar-refractivity contribution in [2.24, 2.45) is 5.92 Å². The molecule has 1 aromatic heterocycles. The summed E-state index contributed by atoms with van der Waals surface area (Å²) in [5.41, 5.74) is 2.97. The van der Waals surface area contributed by atoms with Crippen LogP contribution >= 0.6 is 35.6 Å². The molecule has 1 amide bonds. The topological polar surface area (TPSA) is 85.4 Å². The number of benzene rings is 2. The molecule has 0 spiro atoms. The van der Waals surface area contributed by atoms with Crippen LogP contribution in [0.3, 0.4) is 0 Å². The van der Waals surface area contributed by atoms with E-state index in [0.29, 0.717) is 46.1 Å². The monoisotopic (exact) mass is 578 g/mol. The van der Waals surface area contributed by atoms with Gasteiger partial charge in [-0.2, -0.15) is 0 Å². The third kappa shape index (κ3) is 7.73. The minimum Gasteiger partial charge on any atom is -0.493 e. The Morgan fingerprint density at radius 2 is 1.79 bits per heavy atom. The molecule has 3 atom stereocenters. The van der Waals surface area contributed by atoms with E-state index in [1.165, 1.54) is 5.56 Å². The zero-order valence-electron chi connectivity index (χ0n) is 21.7. The van der Waals surface area contributed by atoms with Crippen molar-refractivity contribution in [3.63, 3.8) is 0 Å². The number of nitrogens with one attached hydrogen (secondary N) is 2. The Bertz CT molecular complexity index is 1230. The van der Waals surface area contributed by atoms with Crippen LogP contribution in [0, 0.1) is 5.92 Å². The Kier molecular flexibility index (Phi) is 11.0. The molecule has 204 valence electrons. The lowest BCUT2D eigenvalue weighted by atomic mass is 9.95. The number of halogens is 3. The average molecular weight is 580 g/mol. The molecule has 1 aliphatic heterocycles. The van der Waals surface area contributed by atoms with Crippen molar-refractivity contribution in [3.8, 4) is 22.6 Å². The molecular formula is C28H33Cl3N4O3. The first-order chi connectivity index (χ1) is 17.9. The normalized spacial score (nSPS) is 17.4. The van der Waals surface area contributed by atoms with Gasteiger partial charge in [0, 0.05) is 42.9 Å². The number of rotatable bonds is 10. The van der Waals surface area contributed by atoms with Gasteiger partial charge in [-0.3, -0.25) is 4.79 Å². The average Bonchev–Trinajstić information content (AvgIpc) is 3.38. The number of nitrogens with zero attached hydrogens (tertiary/aromatic N) is 2. The summed E-state index contributed by atoms with van der Waals surface area (Å²) in [6.07, 6.45) is 6.25. The Labute approximate surface area is 240 Å². The second-order valence-electron chi connectivity index (χ2n) is 9.38. The molecule has 2 aromatic carbocycles. The molecule has 1 fully saturated rings. The van der Waals surface area contributed by atoms with E-state index < -0.39 is 0 Å². The third-order valence-corrected chi connectivity index (χ3v) is 7.49. The van der Waals surface area contributed by atoms with Crippen LogP contribution in [-0.2, 0) is 17.6 Å². The van der Waals surface area contributed by atoms with Gasteiger partial charge in [-0.05, 0) is 67.6 Å². The fourth-order valence-electron chi connectivity index (χ4n) is 4.68. The quantitative estimate of drug-likeness (QED) is 0.328. The lowest BCUT2D eigenvalue weighted by Crippen LogP contribution is -2.45. The van der Waals surface area contributed by atoms with Crippen LogP contribution in [0.2, 0.25) is 10.0 Å². The van der Waals surface area contributed by atoms with E-state index in [-0.39, 0.29) is 30.4 Å². The van der Waals surface area contributed by atoms with E-state index in [2.05, 4.69) is 20.6 Å². The highest BCUT2D eigenvalue weighted by atomic mass is 35.5. The highest BCUT2D eigenvalue weighted by Crippen LogP contribution is 2.32. The number of amides is 1. The smallest absolute Gasteiger partial charge is 0.220 e. The van der Waals surface area contributed by atoms with Gasteiger partial charge in [-0.15, -0.1) is 12.4 Å². The van der Waals surface area contributed by atoms with Crippen molar-refractivity contribution >= 4 is 41.5 Å². The molecule has 38 heavy (non-hydrogen) atoms. The summed E-state index contributed by atoms with van der Waals surface area (Å²) < 4.78 is 10.7. The molecule has 4 rings (SSSR count). The second-order valence-corrected chi connectivity index (χ2v) is 10.2. The first-order valence-corrected chi connectivity index (χ1v) is 13.1. The predicted molar refractivity (Wildman–Crippen MR) is 154 cm³/mol. The van der Waals surface area contributed by atoms with Crippen molar-refractivity contribution in [2.45, 2.75) is 44.7 Å². The van der Waals surface area contributed by atoms with Crippen molar-refractivity contribution in [1.82, 2.24) is 20.6 Å². The Balaban J connectivity index is 0.00000400. The number of ether oxygens (including phenoxy) is 2. The summed E-state index contributed by atoms with van der Waals surface area (Å²) in [5, 5.41) is 7.84. The van der Waals surface area contributed by atoms with Crippen molar-refractivity contribution in [2.75, 3.05) is 20.8 Å². The van der Waals surface area contributed by atoms with Gasteiger partial charge in [-0.25, -0.2) is 9.97 Å². The Hall–Kier alpha value is -2.58. The molecule has 2 N–H and O–H groups in total. The minimum atomic E-state index is -0.00481. The van der Waals surface area contributed by atoms with Crippen molar-refractivity contribution in [1.29, 1.82) is 0 Å². The summed E-state index contributed by atoms with van der Waals surface area (Å²) in [5.74, 6) is 2.42. The highest BCUT2D eigenvalue weighted by Gasteiger charge is 2.29. The standard InChI is InChI=1S/C28H32Cl2N4O3.ClH/c1-17(24-12-19(14-31-24)10-18-4-6-22(29)23(30)11-18)34-28(35)9-8-27-32-15-21(16-33-27)20-5-7-25(36-2)26(13-20)37-3;/h4-7,11,13,15-17,19,24,31H,8-10,12,14H2,1-3H3,(H,34,35);1H/t17?,19-,24+;/m1./s1. The number of methoxy groups -OCH3 is 2. The number of hydrogen-bond donors (Lipinski definition) is 2. The van der Waals surface area contributed by atoms with E-state index in [1.54, 1.807) is 26.6 Å². The lowest BCUT2D eigenvalue weighted by Gasteiger charge is -2.21. The summed E-state index contributed by atoms with van der Waals surface area (Å²) in [6.45, 7) is 2.96. The molecule has 3 aromatic rings. The number of aromatic nitrogens is 2. The van der Waals surface area contributed by atoms with Crippen LogP contribution in [0.25, 0.3) is 11.1 Å². The van der Waals surface area contributed by atoms with Crippen LogP contribution in [0.5, 0.6) is 11.5 Å². The predicted octanol–water partition coefficient (Wildman–Crippen LogP) is 5.55. The van der Waals surface area contributed by atoms with E-state index in [4.69, 9.17) is 32.7 Å². The van der Waals surface area contributed by atoms with Crippen LogP contribution in [-0.4, -0.2) is 48.7 Å². The summed E-state index contributed by atoms with van der Waals surface area (Å²) in [4.78, 5) is 21.5. The maximum absolute atomic E-state index is 12.6. The van der Waals surface area contributed by atoms with Gasteiger partial charge in [0.2, 0.25) is 5.91 Å². The number of aryl methyl sites for hydroxylation is 1. The van der Waals surface area contributed by atoms with Crippen molar-refractivity contribution in [3.05, 3.63) is 70.2 Å². The Morgan fingerprint density at radius 1 is 1.05 bits per heavy atom. The molecule has 0 radical (unpaired) electrons. The molecule has 1 saturated heterocycles. The molecule has 7 nitrogen and oxygen atoms in total. The molecule has 1 unspecified atom stereocenters. The molecule has 0 aliphatic carbocycles. The zero-order chi connectivity index (χ0) is 26.4. The summed E-state index contributed by atoms with van der Waals surface area (Å²) in [6, 6.07) is 11.7. The van der Waals surface area contributed by atoms with Crippen LogP contribution in [0.15, 0.2) is 48.8 Å². The fraction of sp³-hybridized carbons (Fsp3) is 0.393. The van der Waals surface area contributed by atoms with Gasteiger partial charge in [0.15, 0.2) is 11.5 Å². The molecule has 2 heterocycles. The van der Waals surface area contributed by atoms with E-state index >= 15 is 0 Å². The first kappa shape index (κ1) is 30.0. The third-order valence-electron chi connectivity index (χ3n) is 6.75. The molecule has 1 aliphatic rings. The van der Waals surface area contributed by atoms with Crippen molar-refractivity contribution < 1.29 is 14.3 Å². The molecule has 0 saturated carbocycles. The second kappa shape index (κ2) is 14.0. The number of carbonyl (C=O) groups is 1. The van der Waals surface area contributed by atoms with Gasteiger partial charge < -0.3 is 20.1 Å². The largest absolute Gasteiger partial charge is 0.493 e. The maximum atomic E-state index is 12.6. The number of hydrogen-bond acceptors (Lipinski definition) is 6. The first-order valence-electron chi connectivity index (χ1n) is 12.4. The fourth-order valence-corrected chi connectivity index (χ4v) is 5.00. The lowest BCUT2D eigenvalue weighted by molar-refractivity contribution is -0.121. The summed E-state index contributed by atoms with van der Waals surface area (Å²) >= 11 is 12.2. The van der Waals surface area contributed by atoms with Crippen LogP contribution in [0.4, 0.5) is 0 Å². The van der Waals surface area contributed by atoms with Crippen LogP contribution < -0.4 is 20.1 Å². The Morgan fingerprint density at radius 3 is 2.47 bits per heavy atom. The van der Waals surface area contributed by atoms with Gasteiger partial charge in [0.1, 0.15) is 5.82 Å². The van der Waals surface area contributed by atoms with E-state index in [1.807, 2.05) is 43.3 Å². The van der Waals surface area contributed by atoms with E-state index in [9.17, 15) is 4.79 Å². The van der Waals surface area contributed by atoms with Gasteiger partial charge in [0.05, 0.1) is 24.3 Å². The molecule has 10 heteroatoms. The molecular weight excluding hydrogens is 547 g/mol. The SMILES string of the molecule is COc1ccc(-c2cnc(CCC(=O)NC(C)[C@@H]3C[C@@H](Cc4ccc(Cl)c(Cl)c4)CN3)nc2)cc1OC.Cl. The maximum Gasteiger partial charge on any atom is 0.220 e. The minimum absolute atomic E-state index is 0. The van der Waals surface area contributed by atoms with Gasteiger partial charge in [-0.1, -0.05) is 35.3 Å². The molecule has 0 bridgehead atoms. The zero-order valence-corrected chi connectivity index (χ0v) is 24.0. The highest BCUT2D eigenvalue weighted by molar-refractivity contribution is 6.42.